The highest BCUT2D eigenvalue weighted by atomic mass is 127. The third-order valence-corrected chi connectivity index (χ3v) is 3.81. The van der Waals surface area contributed by atoms with Gasteiger partial charge in [-0.2, -0.15) is 0 Å². The van der Waals surface area contributed by atoms with E-state index in [1.165, 1.54) is 19.3 Å². The summed E-state index contributed by atoms with van der Waals surface area (Å²) >= 11 is 0. The fraction of sp³-hybridized carbons (Fsp3) is 0.929. The lowest BCUT2D eigenvalue weighted by atomic mass is 9.94. The number of methoxy groups -OCH3 is 1. The number of hydrogen-bond acceptors (Lipinski definition) is 4. The second kappa shape index (κ2) is 9.12. The van der Waals surface area contributed by atoms with Crippen LogP contribution >= 0.6 is 24.0 Å². The van der Waals surface area contributed by atoms with Crippen LogP contribution in [0.4, 0.5) is 0 Å². The van der Waals surface area contributed by atoms with Crippen molar-refractivity contribution in [3.8, 4) is 0 Å². The molecule has 1 saturated carbocycles. The van der Waals surface area contributed by atoms with Crippen molar-refractivity contribution in [1.29, 1.82) is 0 Å². The van der Waals surface area contributed by atoms with Gasteiger partial charge in [-0.05, 0) is 19.8 Å². The largest absolute Gasteiger partial charge is 0.383 e. The third-order valence-electron chi connectivity index (χ3n) is 3.81. The number of ether oxygens (including phenoxy) is 3. The van der Waals surface area contributed by atoms with Crippen molar-refractivity contribution in [2.75, 3.05) is 26.9 Å². The second-order valence-corrected chi connectivity index (χ2v) is 5.75. The van der Waals surface area contributed by atoms with E-state index in [0.29, 0.717) is 25.7 Å². The Morgan fingerprint density at radius 2 is 2.14 bits per heavy atom. The van der Waals surface area contributed by atoms with Crippen LogP contribution in [0.5, 0.6) is 0 Å². The van der Waals surface area contributed by atoms with Crippen LogP contribution in [-0.4, -0.2) is 50.8 Å². The number of aliphatic imine (C=N–C) groups is 1. The lowest BCUT2D eigenvalue weighted by Gasteiger charge is -2.31. The van der Waals surface area contributed by atoms with Gasteiger partial charge >= 0.3 is 0 Å². The Morgan fingerprint density at radius 1 is 1.43 bits per heavy atom. The maximum absolute atomic E-state index is 6.06. The minimum absolute atomic E-state index is 0. The van der Waals surface area contributed by atoms with Gasteiger partial charge in [0.15, 0.2) is 11.7 Å². The first-order valence-electron chi connectivity index (χ1n) is 7.51. The first kappa shape index (κ1) is 18.9. The minimum atomic E-state index is -0.329. The van der Waals surface area contributed by atoms with Gasteiger partial charge in [-0.1, -0.05) is 6.42 Å². The van der Waals surface area contributed by atoms with Crippen molar-refractivity contribution in [3.05, 3.63) is 0 Å². The highest BCUT2D eigenvalue weighted by Gasteiger charge is 2.41. The van der Waals surface area contributed by atoms with Crippen LogP contribution in [0.15, 0.2) is 4.99 Å². The second-order valence-electron chi connectivity index (χ2n) is 5.75. The molecule has 2 aliphatic rings. The minimum Gasteiger partial charge on any atom is -0.383 e. The molecule has 1 spiro atoms. The van der Waals surface area contributed by atoms with Crippen molar-refractivity contribution >= 4 is 29.9 Å². The zero-order valence-corrected chi connectivity index (χ0v) is 15.3. The van der Waals surface area contributed by atoms with Crippen molar-refractivity contribution in [2.45, 2.75) is 57.0 Å². The molecule has 1 aliphatic heterocycles. The third kappa shape index (κ3) is 5.88. The van der Waals surface area contributed by atoms with E-state index in [4.69, 9.17) is 19.9 Å². The van der Waals surface area contributed by atoms with E-state index in [0.717, 1.165) is 12.8 Å². The molecule has 0 aromatic carbocycles. The summed E-state index contributed by atoms with van der Waals surface area (Å²) in [4.78, 5) is 4.33. The SMILES string of the molecule is COCC(C)NC(N)=NCC1COC2(CCCCC2)O1.I. The average molecular weight is 413 g/mol. The van der Waals surface area contributed by atoms with E-state index in [-0.39, 0.29) is 41.9 Å². The molecule has 6 nitrogen and oxygen atoms in total. The van der Waals surface area contributed by atoms with Gasteiger partial charge in [0.2, 0.25) is 0 Å². The molecule has 2 atom stereocenters. The van der Waals surface area contributed by atoms with Crippen LogP contribution in [0.2, 0.25) is 0 Å². The maximum Gasteiger partial charge on any atom is 0.188 e. The van der Waals surface area contributed by atoms with Gasteiger partial charge in [0.1, 0.15) is 6.10 Å². The van der Waals surface area contributed by atoms with Crippen LogP contribution in [0.25, 0.3) is 0 Å². The molecule has 1 saturated heterocycles. The van der Waals surface area contributed by atoms with E-state index >= 15 is 0 Å². The molecule has 0 amide bonds. The lowest BCUT2D eigenvalue weighted by molar-refractivity contribution is -0.186. The van der Waals surface area contributed by atoms with Crippen molar-refractivity contribution in [1.82, 2.24) is 5.32 Å². The van der Waals surface area contributed by atoms with Gasteiger partial charge in [0.25, 0.3) is 0 Å². The molecule has 124 valence electrons. The molecule has 2 fully saturated rings. The fourth-order valence-electron chi connectivity index (χ4n) is 2.85. The molecule has 7 heteroatoms. The maximum atomic E-state index is 6.06. The number of rotatable bonds is 5. The van der Waals surface area contributed by atoms with Gasteiger partial charge in [0.05, 0.1) is 19.8 Å². The van der Waals surface area contributed by atoms with Crippen LogP contribution in [0, 0.1) is 0 Å². The van der Waals surface area contributed by atoms with Gasteiger partial charge < -0.3 is 25.3 Å². The fourth-order valence-corrected chi connectivity index (χ4v) is 2.85. The Labute approximate surface area is 144 Å². The summed E-state index contributed by atoms with van der Waals surface area (Å²) in [6.07, 6.45) is 5.69. The molecule has 3 N–H and O–H groups in total. The zero-order valence-electron chi connectivity index (χ0n) is 13.0. The van der Waals surface area contributed by atoms with Gasteiger partial charge in [0, 0.05) is 26.0 Å². The molecule has 0 radical (unpaired) electrons. The number of halogens is 1. The lowest BCUT2D eigenvalue weighted by Crippen LogP contribution is -2.41. The Bertz CT molecular complexity index is 335. The molecule has 1 aliphatic carbocycles. The van der Waals surface area contributed by atoms with Crippen LogP contribution in [0.1, 0.15) is 39.0 Å². The summed E-state index contributed by atoms with van der Waals surface area (Å²) < 4.78 is 17.0. The number of nitrogens with two attached hydrogens (primary N) is 1. The number of guanidine groups is 1. The standard InChI is InChI=1S/C14H27N3O3.HI/c1-11(9-18-2)17-13(15)16-8-12-10-19-14(20-12)6-4-3-5-7-14;/h11-12H,3-10H2,1-2H3,(H3,15,16,17);1H. The van der Waals surface area contributed by atoms with Crippen molar-refractivity contribution < 1.29 is 14.2 Å². The van der Waals surface area contributed by atoms with Crippen molar-refractivity contribution in [2.24, 2.45) is 10.7 Å². The Morgan fingerprint density at radius 3 is 2.81 bits per heavy atom. The van der Waals surface area contributed by atoms with Crippen LogP contribution < -0.4 is 11.1 Å². The highest BCUT2D eigenvalue weighted by Crippen LogP contribution is 2.37. The van der Waals surface area contributed by atoms with E-state index in [1.807, 2.05) is 6.92 Å². The summed E-state index contributed by atoms with van der Waals surface area (Å²) in [6.45, 7) is 3.76. The number of nitrogens with one attached hydrogen (secondary N) is 1. The number of hydrogen-bond donors (Lipinski definition) is 2. The molecule has 2 rings (SSSR count). The zero-order chi connectivity index (χ0) is 14.4. The van der Waals surface area contributed by atoms with Gasteiger partial charge in [-0.25, -0.2) is 0 Å². The summed E-state index contributed by atoms with van der Waals surface area (Å²) in [7, 11) is 1.67. The molecular weight excluding hydrogens is 385 g/mol. The average Bonchev–Trinajstić information content (AvgIpc) is 2.80. The van der Waals surface area contributed by atoms with Crippen molar-refractivity contribution in [3.63, 3.8) is 0 Å². The quantitative estimate of drug-likeness (QED) is 0.407. The van der Waals surface area contributed by atoms with E-state index < -0.39 is 0 Å². The number of nitrogens with zero attached hydrogens (tertiary/aromatic N) is 1. The summed E-state index contributed by atoms with van der Waals surface area (Å²) in [5.74, 6) is 0.104. The summed E-state index contributed by atoms with van der Waals surface area (Å²) in [5, 5.41) is 3.08. The monoisotopic (exact) mass is 413 g/mol. The first-order valence-corrected chi connectivity index (χ1v) is 7.51. The summed E-state index contributed by atoms with van der Waals surface area (Å²) in [5.41, 5.74) is 5.84. The highest BCUT2D eigenvalue weighted by molar-refractivity contribution is 14.0. The Balaban J connectivity index is 0.00000220. The predicted molar refractivity (Wildman–Crippen MR) is 93.0 cm³/mol. The van der Waals surface area contributed by atoms with Gasteiger partial charge in [-0.3, -0.25) is 4.99 Å². The predicted octanol–water partition coefficient (Wildman–Crippen LogP) is 1.62. The molecule has 2 unspecified atom stereocenters. The van der Waals surface area contributed by atoms with Crippen LogP contribution in [0.3, 0.4) is 0 Å². The molecular formula is C14H28IN3O3. The summed E-state index contributed by atoms with van der Waals surface area (Å²) in [6, 6.07) is 0.147. The molecule has 0 aromatic rings. The van der Waals surface area contributed by atoms with E-state index in [1.54, 1.807) is 7.11 Å². The molecule has 0 aromatic heterocycles. The van der Waals surface area contributed by atoms with E-state index in [2.05, 4.69) is 10.3 Å². The molecule has 1 heterocycles. The topological polar surface area (TPSA) is 78.1 Å². The first-order chi connectivity index (χ1) is 9.63. The Hall–Kier alpha value is -0.120. The van der Waals surface area contributed by atoms with E-state index in [9.17, 15) is 0 Å². The molecule has 21 heavy (non-hydrogen) atoms. The Kier molecular flexibility index (Phi) is 8.22. The molecule has 0 bridgehead atoms. The normalized spacial score (nSPS) is 26.4. The van der Waals surface area contributed by atoms with Gasteiger partial charge in [-0.15, -0.1) is 24.0 Å². The van der Waals surface area contributed by atoms with Crippen LogP contribution in [-0.2, 0) is 14.2 Å². The smallest absolute Gasteiger partial charge is 0.188 e.